The summed E-state index contributed by atoms with van der Waals surface area (Å²) in [6, 6.07) is 3.84. The molecule has 3 heterocycles. The lowest BCUT2D eigenvalue weighted by Crippen LogP contribution is -1.98. The Bertz CT molecular complexity index is 682. The van der Waals surface area contributed by atoms with Gasteiger partial charge >= 0.3 is 0 Å². The third-order valence-corrected chi connectivity index (χ3v) is 2.70. The average molecular weight is 226 g/mol. The van der Waals surface area contributed by atoms with E-state index in [1.54, 1.807) is 16.8 Å². The van der Waals surface area contributed by atoms with Crippen molar-refractivity contribution >= 4 is 11.4 Å². The second kappa shape index (κ2) is 3.55. The number of aromatic amines is 1. The molecule has 0 fully saturated rings. The van der Waals surface area contributed by atoms with Crippen LogP contribution in [-0.4, -0.2) is 25.4 Å². The van der Waals surface area contributed by atoms with Crippen molar-refractivity contribution < 1.29 is 4.79 Å². The molecule has 0 aromatic carbocycles. The van der Waals surface area contributed by atoms with Crippen LogP contribution in [0.15, 0.2) is 36.9 Å². The first-order valence-electron chi connectivity index (χ1n) is 5.23. The van der Waals surface area contributed by atoms with E-state index < -0.39 is 0 Å². The van der Waals surface area contributed by atoms with Gasteiger partial charge in [0, 0.05) is 30.4 Å². The third-order valence-electron chi connectivity index (χ3n) is 2.70. The summed E-state index contributed by atoms with van der Waals surface area (Å²) in [5.74, 6) is 0.00171. The summed E-state index contributed by atoms with van der Waals surface area (Å²) >= 11 is 0. The number of pyridine rings is 1. The molecule has 3 aromatic heterocycles. The molecule has 0 amide bonds. The second-order valence-electron chi connectivity index (χ2n) is 3.83. The number of aromatic nitrogens is 4. The fourth-order valence-corrected chi connectivity index (χ4v) is 1.82. The first-order chi connectivity index (χ1) is 8.25. The van der Waals surface area contributed by atoms with Crippen molar-refractivity contribution in [3.05, 3.63) is 42.6 Å². The maximum Gasteiger partial charge on any atom is 0.178 e. The Morgan fingerprint density at radius 3 is 2.88 bits per heavy atom. The molecule has 0 aliphatic carbocycles. The molecule has 1 N–H and O–H groups in total. The number of fused-ring (bicyclic) bond motifs is 1. The van der Waals surface area contributed by atoms with Crippen LogP contribution in [-0.2, 0) is 0 Å². The van der Waals surface area contributed by atoms with Crippen LogP contribution in [0.5, 0.6) is 0 Å². The van der Waals surface area contributed by atoms with Gasteiger partial charge in [0.15, 0.2) is 5.78 Å². The lowest BCUT2D eigenvalue weighted by molar-refractivity contribution is 0.101. The van der Waals surface area contributed by atoms with E-state index >= 15 is 0 Å². The standard InChI is InChI=1S/C12H10N4O/c1-8(17)11-6-13-12-3-2-9(7-16(11)12)10-4-14-15-5-10/h2-7H,1H3,(H,14,15). The zero-order chi connectivity index (χ0) is 11.8. The van der Waals surface area contributed by atoms with Crippen molar-refractivity contribution in [2.24, 2.45) is 0 Å². The highest BCUT2D eigenvalue weighted by molar-refractivity contribution is 5.93. The van der Waals surface area contributed by atoms with Crippen molar-refractivity contribution in [1.82, 2.24) is 19.6 Å². The number of ketones is 1. The molecule has 84 valence electrons. The number of carbonyl (C=O) groups is 1. The minimum absolute atomic E-state index is 0.00171. The Hall–Kier alpha value is -2.43. The molecule has 0 aliphatic rings. The molecular formula is C12H10N4O. The van der Waals surface area contributed by atoms with Gasteiger partial charge in [-0.25, -0.2) is 4.98 Å². The van der Waals surface area contributed by atoms with E-state index in [2.05, 4.69) is 15.2 Å². The largest absolute Gasteiger partial charge is 0.296 e. The number of H-pyrrole nitrogens is 1. The Balaban J connectivity index is 2.24. The van der Waals surface area contributed by atoms with Crippen molar-refractivity contribution in [2.75, 3.05) is 0 Å². The van der Waals surface area contributed by atoms with Crippen LogP contribution in [0, 0.1) is 0 Å². The Kier molecular flexibility index (Phi) is 2.04. The molecule has 0 saturated heterocycles. The summed E-state index contributed by atoms with van der Waals surface area (Å²) in [4.78, 5) is 15.6. The Morgan fingerprint density at radius 1 is 1.29 bits per heavy atom. The Morgan fingerprint density at radius 2 is 2.18 bits per heavy atom. The van der Waals surface area contributed by atoms with E-state index in [0.29, 0.717) is 5.69 Å². The van der Waals surface area contributed by atoms with E-state index in [1.807, 2.05) is 24.5 Å². The average Bonchev–Trinajstić information content (AvgIpc) is 2.97. The summed E-state index contributed by atoms with van der Waals surface area (Å²) < 4.78 is 1.80. The van der Waals surface area contributed by atoms with E-state index in [4.69, 9.17) is 0 Å². The molecule has 0 atom stereocenters. The van der Waals surface area contributed by atoms with Crippen LogP contribution in [0.25, 0.3) is 16.8 Å². The van der Waals surface area contributed by atoms with Gasteiger partial charge in [0.05, 0.1) is 12.4 Å². The van der Waals surface area contributed by atoms with E-state index in [1.165, 1.54) is 6.92 Å². The maximum atomic E-state index is 11.4. The molecule has 3 aromatic rings. The van der Waals surface area contributed by atoms with Crippen molar-refractivity contribution in [3.63, 3.8) is 0 Å². The highest BCUT2D eigenvalue weighted by Gasteiger charge is 2.08. The third kappa shape index (κ3) is 1.52. The predicted molar refractivity (Wildman–Crippen MR) is 62.8 cm³/mol. The zero-order valence-electron chi connectivity index (χ0n) is 9.21. The molecule has 3 rings (SSSR count). The molecule has 0 spiro atoms. The molecule has 0 radical (unpaired) electrons. The molecule has 0 bridgehead atoms. The van der Waals surface area contributed by atoms with Crippen LogP contribution >= 0.6 is 0 Å². The molecule has 0 aliphatic heterocycles. The van der Waals surface area contributed by atoms with Gasteiger partial charge in [0.2, 0.25) is 0 Å². The lowest BCUT2D eigenvalue weighted by Gasteiger charge is -2.01. The molecule has 17 heavy (non-hydrogen) atoms. The van der Waals surface area contributed by atoms with Crippen LogP contribution in [0.4, 0.5) is 0 Å². The van der Waals surface area contributed by atoms with Gasteiger partial charge in [-0.1, -0.05) is 0 Å². The minimum atomic E-state index is 0.00171. The minimum Gasteiger partial charge on any atom is -0.296 e. The summed E-state index contributed by atoms with van der Waals surface area (Å²) in [6.45, 7) is 1.54. The summed E-state index contributed by atoms with van der Waals surface area (Å²) in [5.41, 5.74) is 3.33. The monoisotopic (exact) mass is 226 g/mol. The van der Waals surface area contributed by atoms with Gasteiger partial charge in [-0.3, -0.25) is 14.3 Å². The molecule has 5 nitrogen and oxygen atoms in total. The quantitative estimate of drug-likeness (QED) is 0.679. The fourth-order valence-electron chi connectivity index (χ4n) is 1.82. The smallest absolute Gasteiger partial charge is 0.178 e. The van der Waals surface area contributed by atoms with Crippen LogP contribution < -0.4 is 0 Å². The molecule has 0 saturated carbocycles. The van der Waals surface area contributed by atoms with Crippen LogP contribution in [0.1, 0.15) is 17.4 Å². The Labute approximate surface area is 97.1 Å². The van der Waals surface area contributed by atoms with Gasteiger partial charge < -0.3 is 0 Å². The zero-order valence-corrected chi connectivity index (χ0v) is 9.21. The fraction of sp³-hybridized carbons (Fsp3) is 0.0833. The van der Waals surface area contributed by atoms with E-state index in [-0.39, 0.29) is 5.78 Å². The van der Waals surface area contributed by atoms with Crippen molar-refractivity contribution in [1.29, 1.82) is 0 Å². The highest BCUT2D eigenvalue weighted by Crippen LogP contribution is 2.19. The number of rotatable bonds is 2. The van der Waals surface area contributed by atoms with E-state index in [9.17, 15) is 4.79 Å². The molecule has 0 unspecified atom stereocenters. The predicted octanol–water partition coefficient (Wildman–Crippen LogP) is 1.93. The van der Waals surface area contributed by atoms with Gasteiger partial charge in [0.1, 0.15) is 11.3 Å². The topological polar surface area (TPSA) is 63.0 Å². The van der Waals surface area contributed by atoms with Crippen LogP contribution in [0.3, 0.4) is 0 Å². The first kappa shape index (κ1) is 9.77. The highest BCUT2D eigenvalue weighted by atomic mass is 16.1. The van der Waals surface area contributed by atoms with Crippen LogP contribution in [0.2, 0.25) is 0 Å². The summed E-state index contributed by atoms with van der Waals surface area (Å²) in [7, 11) is 0. The first-order valence-corrected chi connectivity index (χ1v) is 5.23. The molecular weight excluding hydrogens is 216 g/mol. The number of Topliss-reactive ketones (excluding diaryl/α,β-unsaturated/α-hetero) is 1. The number of carbonyl (C=O) groups excluding carboxylic acids is 1. The summed E-state index contributed by atoms with van der Waals surface area (Å²) in [5, 5.41) is 6.67. The van der Waals surface area contributed by atoms with Gasteiger partial charge in [-0.15, -0.1) is 0 Å². The number of hydrogen-bond donors (Lipinski definition) is 1. The van der Waals surface area contributed by atoms with Crippen molar-refractivity contribution in [2.45, 2.75) is 6.92 Å². The normalized spacial score (nSPS) is 10.9. The number of imidazole rings is 1. The SMILES string of the molecule is CC(=O)c1cnc2ccc(-c3cn[nH]c3)cn12. The second-order valence-corrected chi connectivity index (χ2v) is 3.83. The van der Waals surface area contributed by atoms with Gasteiger partial charge in [-0.2, -0.15) is 5.10 Å². The number of nitrogens with zero attached hydrogens (tertiary/aromatic N) is 3. The van der Waals surface area contributed by atoms with Gasteiger partial charge in [-0.05, 0) is 12.1 Å². The number of nitrogens with one attached hydrogen (secondary N) is 1. The van der Waals surface area contributed by atoms with E-state index in [0.717, 1.165) is 16.8 Å². The molecule has 5 heteroatoms. The van der Waals surface area contributed by atoms with Crippen molar-refractivity contribution in [3.8, 4) is 11.1 Å². The summed E-state index contributed by atoms with van der Waals surface area (Å²) in [6.07, 6.45) is 7.04. The lowest BCUT2D eigenvalue weighted by atomic mass is 10.2. The maximum absolute atomic E-state index is 11.4. The number of hydrogen-bond acceptors (Lipinski definition) is 3. The van der Waals surface area contributed by atoms with Gasteiger partial charge in [0.25, 0.3) is 0 Å².